The summed E-state index contributed by atoms with van der Waals surface area (Å²) in [6, 6.07) is -0.495. The Morgan fingerprint density at radius 3 is 2.58 bits per heavy atom. The van der Waals surface area contributed by atoms with E-state index >= 15 is 0 Å². The van der Waals surface area contributed by atoms with E-state index in [0.29, 0.717) is 11.3 Å². The molecule has 0 bridgehead atoms. The van der Waals surface area contributed by atoms with Gasteiger partial charge in [-0.25, -0.2) is 4.79 Å². The van der Waals surface area contributed by atoms with Crippen LogP contribution in [-0.4, -0.2) is 42.6 Å². The largest absolute Gasteiger partial charge is 0.444 e. The fourth-order valence-corrected chi connectivity index (χ4v) is 2.23. The molecular formula is C13H19BrN2O2S. The average molecular weight is 357 g/mol. The van der Waals surface area contributed by atoms with Crippen molar-refractivity contribution in [1.29, 1.82) is 0 Å². The molecule has 0 atom stereocenters. The first-order chi connectivity index (χ1) is 12.7. The first-order valence-corrected chi connectivity index (χ1v) is 6.91. The molecule has 0 spiro atoms. The topological polar surface area (TPSA) is 32.8 Å². The third-order valence-electron chi connectivity index (χ3n) is 1.78. The lowest BCUT2D eigenvalue weighted by atomic mass is 10.2. The van der Waals surface area contributed by atoms with Crippen LogP contribution in [0, 0.1) is 0 Å². The highest BCUT2D eigenvalue weighted by Crippen LogP contribution is 2.29. The Balaban J connectivity index is 2.76. The summed E-state index contributed by atoms with van der Waals surface area (Å²) in [6.45, 7) is -9.13. The monoisotopic (exact) mass is 356 g/mol. The molecule has 0 radical (unpaired) electrons. The summed E-state index contributed by atoms with van der Waals surface area (Å²) in [4.78, 5) is 12.5. The van der Waals surface area contributed by atoms with Gasteiger partial charge < -0.3 is 14.5 Å². The molecule has 0 aromatic carbocycles. The third kappa shape index (κ3) is 4.11. The molecule has 1 amide bonds. The summed E-state index contributed by atoms with van der Waals surface area (Å²) in [6.07, 6.45) is -1.57. The first-order valence-electron chi connectivity index (χ1n) is 10.3. The predicted molar refractivity (Wildman–Crippen MR) is 82.0 cm³/mol. The SMILES string of the molecule is [2H]c1sc(N2C([2H])([2H])C([2H])([2H])N(C(=O)OC(C)(C)C)C([2H])([2H])C2([2H])[2H])c([2H])c1Br. The van der Waals surface area contributed by atoms with Crippen LogP contribution in [-0.2, 0) is 4.74 Å². The van der Waals surface area contributed by atoms with Crippen LogP contribution in [0.2, 0.25) is 0 Å². The minimum absolute atomic E-state index is 0.0696. The van der Waals surface area contributed by atoms with E-state index in [-0.39, 0.29) is 19.6 Å². The van der Waals surface area contributed by atoms with Crippen LogP contribution in [0.4, 0.5) is 9.80 Å². The lowest BCUT2D eigenvalue weighted by molar-refractivity contribution is 0.0241. The van der Waals surface area contributed by atoms with Crippen LogP contribution in [0.25, 0.3) is 0 Å². The van der Waals surface area contributed by atoms with Gasteiger partial charge >= 0.3 is 6.09 Å². The van der Waals surface area contributed by atoms with Crippen molar-refractivity contribution in [3.8, 4) is 0 Å². The molecule has 1 aliphatic heterocycles. The second-order valence-corrected chi connectivity index (χ2v) is 6.13. The molecule has 0 aliphatic carbocycles. The Morgan fingerprint density at radius 2 is 2.11 bits per heavy atom. The molecule has 2 rings (SSSR count). The summed E-state index contributed by atoms with van der Waals surface area (Å²) in [5.74, 6) is 0. The number of amides is 1. The minimum Gasteiger partial charge on any atom is -0.444 e. The van der Waals surface area contributed by atoms with Gasteiger partial charge in [-0.2, -0.15) is 0 Å². The molecule has 4 nitrogen and oxygen atoms in total. The Morgan fingerprint density at radius 1 is 1.47 bits per heavy atom. The molecule has 1 fully saturated rings. The lowest BCUT2D eigenvalue weighted by Gasteiger charge is -2.36. The number of nitrogens with zero attached hydrogens (tertiary/aromatic N) is 2. The van der Waals surface area contributed by atoms with Gasteiger partial charge in [0.15, 0.2) is 0 Å². The van der Waals surface area contributed by atoms with Gasteiger partial charge in [0.2, 0.25) is 0 Å². The van der Waals surface area contributed by atoms with Crippen molar-refractivity contribution in [2.75, 3.05) is 30.9 Å². The van der Waals surface area contributed by atoms with E-state index in [2.05, 4.69) is 15.9 Å². The number of carbonyl (C=O) groups excluding carboxylic acids is 1. The van der Waals surface area contributed by atoms with Crippen molar-refractivity contribution in [2.45, 2.75) is 26.4 Å². The molecule has 0 unspecified atom stereocenters. The molecule has 1 saturated heterocycles. The Bertz CT molecular complexity index is 810. The van der Waals surface area contributed by atoms with Gasteiger partial charge in [0.05, 0.1) is 18.7 Å². The normalized spacial score (nSPS) is 34.9. The zero-order chi connectivity index (χ0) is 23.0. The maximum atomic E-state index is 12.6. The molecule has 19 heavy (non-hydrogen) atoms. The summed E-state index contributed by atoms with van der Waals surface area (Å²) in [7, 11) is 0. The molecule has 1 aliphatic rings. The van der Waals surface area contributed by atoms with Crippen molar-refractivity contribution in [3.05, 3.63) is 15.9 Å². The highest BCUT2D eigenvalue weighted by molar-refractivity contribution is 9.10. The highest BCUT2D eigenvalue weighted by Gasteiger charge is 2.26. The number of halogens is 1. The number of ether oxygens (including phenoxy) is 1. The lowest BCUT2D eigenvalue weighted by Crippen LogP contribution is -2.49. The Labute approximate surface area is 140 Å². The molecule has 1 aromatic heterocycles. The number of carbonyl (C=O) groups is 1. The second kappa shape index (κ2) is 5.71. The van der Waals surface area contributed by atoms with Gasteiger partial charge in [0, 0.05) is 35.8 Å². The van der Waals surface area contributed by atoms with E-state index in [9.17, 15) is 4.79 Å². The maximum absolute atomic E-state index is 12.6. The smallest absolute Gasteiger partial charge is 0.410 e. The van der Waals surface area contributed by atoms with Crippen LogP contribution < -0.4 is 4.90 Å². The summed E-state index contributed by atoms with van der Waals surface area (Å²) < 4.78 is 86.8. The van der Waals surface area contributed by atoms with E-state index in [1.807, 2.05) is 0 Å². The van der Waals surface area contributed by atoms with Crippen LogP contribution in [0.5, 0.6) is 0 Å². The molecule has 0 saturated carbocycles. The van der Waals surface area contributed by atoms with Gasteiger partial charge in [-0.1, -0.05) is 0 Å². The number of piperazine rings is 1. The van der Waals surface area contributed by atoms with Gasteiger partial charge in [0.25, 0.3) is 0 Å². The zero-order valence-electron chi connectivity index (χ0n) is 20.5. The highest BCUT2D eigenvalue weighted by atomic mass is 79.9. The number of anilines is 1. The number of thiophene rings is 1. The van der Waals surface area contributed by atoms with E-state index in [0.717, 1.165) is 0 Å². The second-order valence-electron chi connectivity index (χ2n) is 4.55. The van der Waals surface area contributed by atoms with E-state index in [1.54, 1.807) is 0 Å². The van der Waals surface area contributed by atoms with Gasteiger partial charge in [-0.3, -0.25) is 0 Å². The van der Waals surface area contributed by atoms with Gasteiger partial charge in [-0.15, -0.1) is 11.3 Å². The molecule has 1 aromatic rings. The van der Waals surface area contributed by atoms with Gasteiger partial charge in [0.1, 0.15) is 5.60 Å². The maximum Gasteiger partial charge on any atom is 0.410 e. The number of hydrogen-bond donors (Lipinski definition) is 0. The Kier molecular flexibility index (Phi) is 1.91. The Hall–Kier alpha value is -0.750. The van der Waals surface area contributed by atoms with Crippen LogP contribution >= 0.6 is 27.3 Å². The number of rotatable bonds is 1. The van der Waals surface area contributed by atoms with Crippen molar-refractivity contribution in [2.24, 2.45) is 0 Å². The number of hydrogen-bond acceptors (Lipinski definition) is 4. The van der Waals surface area contributed by atoms with Gasteiger partial charge in [-0.05, 0) is 42.7 Å². The third-order valence-corrected chi connectivity index (χ3v) is 3.22. The van der Waals surface area contributed by atoms with E-state index in [1.165, 1.54) is 20.8 Å². The summed E-state index contributed by atoms with van der Waals surface area (Å²) in [5.41, 5.74) is -1.17. The van der Waals surface area contributed by atoms with Crippen LogP contribution in [0.1, 0.15) is 34.5 Å². The quantitative estimate of drug-likeness (QED) is 0.770. The fourth-order valence-electron chi connectivity index (χ4n) is 1.10. The van der Waals surface area contributed by atoms with Crippen molar-refractivity contribution in [3.63, 3.8) is 0 Å². The molecule has 6 heteroatoms. The minimum atomic E-state index is -3.41. The van der Waals surface area contributed by atoms with Crippen molar-refractivity contribution in [1.82, 2.24) is 4.90 Å². The predicted octanol–water partition coefficient (Wildman–Crippen LogP) is 3.57. The van der Waals surface area contributed by atoms with Crippen LogP contribution in [0.15, 0.2) is 15.9 Å². The zero-order valence-corrected chi connectivity index (χ0v) is 12.9. The average Bonchev–Trinajstić information content (AvgIpc) is 2.70. The van der Waals surface area contributed by atoms with Crippen LogP contribution in [0.3, 0.4) is 0 Å². The standard InChI is InChI=1S/C13H19BrN2O2S/c1-13(2,3)18-12(17)16-6-4-15(5-7-16)11-8-10(14)9-19-11/h8-9H,4-7H2,1-3H3/i4D2,5D2,6D2,7D2,8D,9D. The molecule has 106 valence electrons. The summed E-state index contributed by atoms with van der Waals surface area (Å²) in [5, 5.41) is -0.735. The van der Waals surface area contributed by atoms with Crippen molar-refractivity contribution < 1.29 is 23.2 Å². The fraction of sp³-hybridized carbons (Fsp3) is 0.615. The molecule has 2 heterocycles. The molecular weight excluding hydrogens is 328 g/mol. The van der Waals surface area contributed by atoms with Crippen molar-refractivity contribution >= 4 is 38.4 Å². The molecule has 0 N–H and O–H groups in total. The van der Waals surface area contributed by atoms with E-state index < -0.39 is 48.7 Å². The first kappa shape index (κ1) is 6.35. The summed E-state index contributed by atoms with van der Waals surface area (Å²) >= 11 is 3.44. The van der Waals surface area contributed by atoms with E-state index in [4.69, 9.17) is 18.4 Å².